The number of rotatable bonds is 4. The molecule has 1 aliphatic heterocycles. The Morgan fingerprint density at radius 3 is 2.72 bits per heavy atom. The summed E-state index contributed by atoms with van der Waals surface area (Å²) in [6, 6.07) is 9.68. The maximum Gasteiger partial charge on any atom is 0.322 e. The lowest BCUT2D eigenvalue weighted by Gasteiger charge is -2.29. The van der Waals surface area contributed by atoms with Gasteiger partial charge in [-0.05, 0) is 36.4 Å². The third-order valence-electron chi connectivity index (χ3n) is 4.52. The first-order valence-corrected chi connectivity index (χ1v) is 9.44. The van der Waals surface area contributed by atoms with Crippen molar-refractivity contribution in [2.45, 2.75) is 31.7 Å². The molecule has 6 heteroatoms. The molecule has 1 saturated heterocycles. The largest absolute Gasteiger partial charge is 0.493 e. The van der Waals surface area contributed by atoms with Gasteiger partial charge in [0, 0.05) is 23.2 Å². The predicted molar refractivity (Wildman–Crippen MR) is 101 cm³/mol. The van der Waals surface area contributed by atoms with Crippen LogP contribution >= 0.6 is 11.3 Å². The third kappa shape index (κ3) is 4.07. The Bertz CT molecular complexity index is 703. The molecule has 1 aromatic heterocycles. The first-order chi connectivity index (χ1) is 12.2. The summed E-state index contributed by atoms with van der Waals surface area (Å²) in [6.07, 6.45) is 4.38. The zero-order valence-electron chi connectivity index (χ0n) is 14.7. The molecule has 2 heterocycles. The highest BCUT2D eigenvalue weighted by Gasteiger charge is 2.27. The minimum Gasteiger partial charge on any atom is -0.493 e. The minimum absolute atomic E-state index is 0.0625. The van der Waals surface area contributed by atoms with Crippen molar-refractivity contribution >= 4 is 23.1 Å². The van der Waals surface area contributed by atoms with E-state index in [1.807, 2.05) is 11.0 Å². The van der Waals surface area contributed by atoms with E-state index < -0.39 is 0 Å². The third-order valence-corrected chi connectivity index (χ3v) is 5.49. The van der Waals surface area contributed by atoms with Crippen molar-refractivity contribution in [3.05, 3.63) is 40.6 Å². The summed E-state index contributed by atoms with van der Waals surface area (Å²) in [6.45, 7) is 0.779. The molecule has 1 fully saturated rings. The van der Waals surface area contributed by atoms with Gasteiger partial charge in [0.25, 0.3) is 0 Å². The van der Waals surface area contributed by atoms with Gasteiger partial charge in [0.2, 0.25) is 0 Å². The normalized spacial score (nSPS) is 17.7. The van der Waals surface area contributed by atoms with Crippen molar-refractivity contribution in [3.8, 4) is 11.5 Å². The van der Waals surface area contributed by atoms with Crippen molar-refractivity contribution < 1.29 is 14.3 Å². The van der Waals surface area contributed by atoms with E-state index in [0.29, 0.717) is 17.2 Å². The van der Waals surface area contributed by atoms with E-state index in [2.05, 4.69) is 22.8 Å². The van der Waals surface area contributed by atoms with Gasteiger partial charge in [0.05, 0.1) is 20.3 Å². The second kappa shape index (κ2) is 8.25. The number of anilines is 1. The smallest absolute Gasteiger partial charge is 0.322 e. The van der Waals surface area contributed by atoms with E-state index in [0.717, 1.165) is 25.8 Å². The second-order valence-corrected chi connectivity index (χ2v) is 7.05. The summed E-state index contributed by atoms with van der Waals surface area (Å²) in [7, 11) is 3.18. The maximum absolute atomic E-state index is 12.9. The van der Waals surface area contributed by atoms with Crippen LogP contribution < -0.4 is 14.8 Å². The molecule has 3 rings (SSSR count). The Hall–Kier alpha value is -2.21. The van der Waals surface area contributed by atoms with Crippen LogP contribution in [0.15, 0.2) is 35.7 Å². The number of amides is 2. The maximum atomic E-state index is 12.9. The molecule has 1 unspecified atom stereocenters. The van der Waals surface area contributed by atoms with Gasteiger partial charge in [-0.1, -0.05) is 18.9 Å². The number of methoxy groups -OCH3 is 2. The standard InChI is InChI=1S/C19H24N2O3S/c1-23-16-10-9-14(13-17(16)24-2)20-19(22)21-11-5-3-4-7-15(21)18-8-6-12-25-18/h6,8-10,12-13,15H,3-5,7,11H2,1-2H3,(H,20,22). The van der Waals surface area contributed by atoms with Crippen LogP contribution in [-0.2, 0) is 0 Å². The van der Waals surface area contributed by atoms with Gasteiger partial charge >= 0.3 is 6.03 Å². The first-order valence-electron chi connectivity index (χ1n) is 8.56. The number of nitrogens with one attached hydrogen (secondary N) is 1. The predicted octanol–water partition coefficient (Wildman–Crippen LogP) is 4.91. The molecule has 2 aromatic rings. The molecular formula is C19H24N2O3S. The zero-order chi connectivity index (χ0) is 17.6. The molecule has 25 heavy (non-hydrogen) atoms. The highest BCUT2D eigenvalue weighted by Crippen LogP contribution is 2.34. The lowest BCUT2D eigenvalue weighted by Crippen LogP contribution is -2.37. The molecule has 134 valence electrons. The Balaban J connectivity index is 1.78. The summed E-state index contributed by atoms with van der Waals surface area (Å²) in [4.78, 5) is 16.1. The van der Waals surface area contributed by atoms with Crippen LogP contribution in [0, 0.1) is 0 Å². The number of hydrogen-bond acceptors (Lipinski definition) is 4. The molecule has 5 nitrogen and oxygen atoms in total. The Morgan fingerprint density at radius 2 is 2.00 bits per heavy atom. The van der Waals surface area contributed by atoms with Crippen LogP contribution in [0.2, 0.25) is 0 Å². The Kier molecular flexibility index (Phi) is 5.81. The summed E-state index contributed by atoms with van der Waals surface area (Å²) in [5.74, 6) is 1.25. The molecule has 2 amide bonds. The van der Waals surface area contributed by atoms with Gasteiger partial charge < -0.3 is 19.7 Å². The average molecular weight is 360 g/mol. The van der Waals surface area contributed by atoms with Crippen molar-refractivity contribution in [2.24, 2.45) is 0 Å². The minimum atomic E-state index is -0.0625. The molecule has 1 aliphatic rings. The fourth-order valence-electron chi connectivity index (χ4n) is 3.24. The topological polar surface area (TPSA) is 50.8 Å². The summed E-state index contributed by atoms with van der Waals surface area (Å²) in [5, 5.41) is 5.09. The van der Waals surface area contributed by atoms with E-state index in [1.165, 1.54) is 11.3 Å². The van der Waals surface area contributed by atoms with Gasteiger partial charge in [-0.25, -0.2) is 4.79 Å². The van der Waals surface area contributed by atoms with E-state index in [1.54, 1.807) is 37.7 Å². The van der Waals surface area contributed by atoms with Gasteiger partial charge in [-0.15, -0.1) is 11.3 Å². The van der Waals surface area contributed by atoms with Crippen LogP contribution in [0.4, 0.5) is 10.5 Å². The quantitative estimate of drug-likeness (QED) is 0.842. The molecular weight excluding hydrogens is 336 g/mol. The van der Waals surface area contributed by atoms with Crippen molar-refractivity contribution in [1.82, 2.24) is 4.90 Å². The van der Waals surface area contributed by atoms with Crippen LogP contribution in [-0.4, -0.2) is 31.7 Å². The van der Waals surface area contributed by atoms with Gasteiger partial charge in [0.15, 0.2) is 11.5 Å². The fourth-order valence-corrected chi connectivity index (χ4v) is 4.11. The van der Waals surface area contributed by atoms with Crippen LogP contribution in [0.1, 0.15) is 36.6 Å². The lowest BCUT2D eigenvalue weighted by molar-refractivity contribution is 0.190. The molecule has 1 N–H and O–H groups in total. The van der Waals surface area contributed by atoms with Gasteiger partial charge in [0.1, 0.15) is 0 Å². The molecule has 1 atom stereocenters. The summed E-state index contributed by atoms with van der Waals surface area (Å²) < 4.78 is 10.6. The second-order valence-electron chi connectivity index (χ2n) is 6.07. The van der Waals surface area contributed by atoms with E-state index in [9.17, 15) is 4.79 Å². The number of likely N-dealkylation sites (tertiary alicyclic amines) is 1. The van der Waals surface area contributed by atoms with E-state index in [-0.39, 0.29) is 12.1 Å². The number of carbonyl (C=O) groups is 1. The molecule has 0 saturated carbocycles. The van der Waals surface area contributed by atoms with E-state index >= 15 is 0 Å². The van der Waals surface area contributed by atoms with Crippen molar-refractivity contribution in [1.29, 1.82) is 0 Å². The monoisotopic (exact) mass is 360 g/mol. The number of hydrogen-bond donors (Lipinski definition) is 1. The Morgan fingerprint density at radius 1 is 1.16 bits per heavy atom. The van der Waals surface area contributed by atoms with Crippen molar-refractivity contribution in [3.63, 3.8) is 0 Å². The molecule has 0 aliphatic carbocycles. The first kappa shape index (κ1) is 17.6. The summed E-state index contributed by atoms with van der Waals surface area (Å²) in [5.41, 5.74) is 0.705. The number of ether oxygens (including phenoxy) is 2. The van der Waals surface area contributed by atoms with Crippen molar-refractivity contribution in [2.75, 3.05) is 26.1 Å². The van der Waals surface area contributed by atoms with Crippen LogP contribution in [0.25, 0.3) is 0 Å². The van der Waals surface area contributed by atoms with Crippen LogP contribution in [0.3, 0.4) is 0 Å². The van der Waals surface area contributed by atoms with Crippen LogP contribution in [0.5, 0.6) is 11.5 Å². The highest BCUT2D eigenvalue weighted by molar-refractivity contribution is 7.10. The highest BCUT2D eigenvalue weighted by atomic mass is 32.1. The SMILES string of the molecule is COc1ccc(NC(=O)N2CCCCCC2c2cccs2)cc1OC. The Labute approximate surface area is 152 Å². The number of benzene rings is 1. The average Bonchev–Trinajstić information content (AvgIpc) is 3.05. The molecule has 1 aromatic carbocycles. The van der Waals surface area contributed by atoms with Gasteiger partial charge in [-0.2, -0.15) is 0 Å². The zero-order valence-corrected chi connectivity index (χ0v) is 15.5. The summed E-state index contributed by atoms with van der Waals surface area (Å²) >= 11 is 1.72. The number of thiophene rings is 1. The number of urea groups is 1. The van der Waals surface area contributed by atoms with E-state index in [4.69, 9.17) is 9.47 Å². The molecule has 0 bridgehead atoms. The van der Waals surface area contributed by atoms with Gasteiger partial charge in [-0.3, -0.25) is 0 Å². The number of carbonyl (C=O) groups excluding carboxylic acids is 1. The lowest BCUT2D eigenvalue weighted by atomic mass is 10.1. The fraction of sp³-hybridized carbons (Fsp3) is 0.421. The molecule has 0 radical (unpaired) electrons. The molecule has 0 spiro atoms. The number of nitrogens with zero attached hydrogens (tertiary/aromatic N) is 1.